The van der Waals surface area contributed by atoms with E-state index in [1.165, 1.54) is 0 Å². The van der Waals surface area contributed by atoms with Crippen LogP contribution in [0.5, 0.6) is 0 Å². The molecule has 1 aromatic carbocycles. The average molecular weight is 375 g/mol. The van der Waals surface area contributed by atoms with Gasteiger partial charge in [0.15, 0.2) is 5.57 Å². The zero-order valence-electron chi connectivity index (χ0n) is 14.9. The fraction of sp³-hybridized carbons (Fsp3) is 0.350. The summed E-state index contributed by atoms with van der Waals surface area (Å²) in [5, 5.41) is 39.6. The Bertz CT molecular complexity index is 1020. The fourth-order valence-electron chi connectivity index (χ4n) is 4.20. The quantitative estimate of drug-likeness (QED) is 0.751. The molecule has 1 saturated carbocycles. The molecule has 27 heavy (non-hydrogen) atoms. The predicted molar refractivity (Wildman–Crippen MR) is 98.9 cm³/mol. The van der Waals surface area contributed by atoms with E-state index in [1.54, 1.807) is 24.3 Å². The molecule has 0 radical (unpaired) electrons. The minimum atomic E-state index is -1.40. The van der Waals surface area contributed by atoms with Crippen LogP contribution in [0.3, 0.4) is 0 Å². The Hall–Kier alpha value is -3.32. The highest BCUT2D eigenvalue weighted by molar-refractivity contribution is 6.31. The van der Waals surface area contributed by atoms with E-state index in [0.717, 1.165) is 0 Å². The molecule has 132 valence electrons. The van der Waals surface area contributed by atoms with Gasteiger partial charge in [0, 0.05) is 24.0 Å². The van der Waals surface area contributed by atoms with E-state index >= 15 is 0 Å². The second kappa shape index (κ2) is 6.44. The molecule has 0 amide bonds. The van der Waals surface area contributed by atoms with E-state index in [9.17, 15) is 21.0 Å². The van der Waals surface area contributed by atoms with Gasteiger partial charge in [-0.1, -0.05) is 29.8 Å². The first-order chi connectivity index (χ1) is 13.0. The summed E-state index contributed by atoms with van der Waals surface area (Å²) in [5.41, 5.74) is -2.19. The number of halogens is 1. The maximum Gasteiger partial charge on any atom is 0.152 e. The van der Waals surface area contributed by atoms with Crippen LogP contribution in [-0.4, -0.2) is 23.8 Å². The molecule has 0 bridgehead atoms. The van der Waals surface area contributed by atoms with E-state index < -0.39 is 16.7 Å². The molecule has 3 atom stereocenters. The number of hydrogen-bond donors (Lipinski definition) is 0. The minimum absolute atomic E-state index is 0.0726. The third kappa shape index (κ3) is 2.06. The number of nitriles is 4. The number of rotatable bonds is 3. The Balaban J connectivity index is 2.38. The summed E-state index contributed by atoms with van der Waals surface area (Å²) in [4.78, 5) is 6.38. The average Bonchev–Trinajstić information content (AvgIpc) is 3.20. The van der Waals surface area contributed by atoms with Crippen LogP contribution >= 0.6 is 11.6 Å². The van der Waals surface area contributed by atoms with Gasteiger partial charge in [-0.15, -0.1) is 0 Å². The lowest BCUT2D eigenvalue weighted by molar-refractivity contribution is 0.440. The van der Waals surface area contributed by atoms with Gasteiger partial charge in [-0.25, -0.2) is 4.99 Å². The molecule has 1 fully saturated rings. The summed E-state index contributed by atoms with van der Waals surface area (Å²) in [6.07, 6.45) is 0. The molecule has 0 spiro atoms. The van der Waals surface area contributed by atoms with Gasteiger partial charge in [-0.3, -0.25) is 0 Å². The number of aliphatic imine (C=N–C) groups is 1. The van der Waals surface area contributed by atoms with Gasteiger partial charge in [0.05, 0.1) is 17.8 Å². The van der Waals surface area contributed by atoms with Crippen LogP contribution in [-0.2, 0) is 0 Å². The van der Waals surface area contributed by atoms with Crippen LogP contribution in [0, 0.1) is 56.2 Å². The zero-order chi connectivity index (χ0) is 19.8. The SMILES string of the molecule is CCN(CC)C1=NC(=C(C#N)C#N)C2(C#N)C(c3ccccc3Cl)C12C#N. The zero-order valence-corrected chi connectivity index (χ0v) is 15.6. The molecule has 1 heterocycles. The summed E-state index contributed by atoms with van der Waals surface area (Å²) in [6, 6.07) is 15.2. The lowest BCUT2D eigenvalue weighted by atomic mass is 9.91. The van der Waals surface area contributed by atoms with Crippen molar-refractivity contribution < 1.29 is 0 Å². The Morgan fingerprint density at radius 1 is 1.07 bits per heavy atom. The van der Waals surface area contributed by atoms with E-state index in [4.69, 9.17) is 11.6 Å². The van der Waals surface area contributed by atoms with Gasteiger partial charge in [0.1, 0.15) is 28.8 Å². The number of nitrogens with zero attached hydrogens (tertiary/aromatic N) is 6. The number of benzene rings is 1. The molecular weight excluding hydrogens is 360 g/mol. The number of amidine groups is 1. The van der Waals surface area contributed by atoms with Crippen LogP contribution in [0.4, 0.5) is 0 Å². The van der Waals surface area contributed by atoms with Crippen molar-refractivity contribution >= 4 is 17.4 Å². The highest BCUT2D eigenvalue weighted by Gasteiger charge is 2.87. The van der Waals surface area contributed by atoms with Crippen molar-refractivity contribution in [3.05, 3.63) is 46.1 Å². The van der Waals surface area contributed by atoms with Crippen molar-refractivity contribution in [3.63, 3.8) is 0 Å². The molecule has 2 aliphatic rings. The first-order valence-corrected chi connectivity index (χ1v) is 8.87. The molecule has 1 aliphatic heterocycles. The van der Waals surface area contributed by atoms with Crippen molar-refractivity contribution in [2.24, 2.45) is 15.8 Å². The van der Waals surface area contributed by atoms with Gasteiger partial charge >= 0.3 is 0 Å². The standard InChI is InChI=1S/C20H15ClN6/c1-3-27(4-2)18-20(12-25)16(14-7-5-6-8-15(14)21)19(20,11-24)17(26-18)13(9-22)10-23/h5-8,16H,3-4H2,1-2H3. The summed E-state index contributed by atoms with van der Waals surface area (Å²) in [7, 11) is 0. The summed E-state index contributed by atoms with van der Waals surface area (Å²) >= 11 is 6.38. The summed E-state index contributed by atoms with van der Waals surface area (Å²) < 4.78 is 0. The van der Waals surface area contributed by atoms with Gasteiger partial charge in [-0.05, 0) is 25.5 Å². The Kier molecular flexibility index (Phi) is 4.41. The third-order valence-corrected chi connectivity index (χ3v) is 5.79. The maximum atomic E-state index is 10.2. The van der Waals surface area contributed by atoms with E-state index in [-0.39, 0.29) is 11.3 Å². The number of fused-ring (bicyclic) bond motifs is 1. The topological polar surface area (TPSA) is 111 Å². The molecule has 6 nitrogen and oxygen atoms in total. The number of hydrogen-bond acceptors (Lipinski definition) is 6. The van der Waals surface area contributed by atoms with Crippen molar-refractivity contribution in [1.82, 2.24) is 4.90 Å². The third-order valence-electron chi connectivity index (χ3n) is 5.44. The largest absolute Gasteiger partial charge is 0.359 e. The smallest absolute Gasteiger partial charge is 0.152 e. The Morgan fingerprint density at radius 2 is 1.67 bits per heavy atom. The van der Waals surface area contributed by atoms with Gasteiger partial charge < -0.3 is 4.90 Å². The summed E-state index contributed by atoms with van der Waals surface area (Å²) in [5.74, 6) is -0.159. The first-order valence-electron chi connectivity index (χ1n) is 8.49. The molecule has 0 saturated heterocycles. The highest BCUT2D eigenvalue weighted by Crippen LogP contribution is 2.81. The van der Waals surface area contributed by atoms with Gasteiger partial charge in [-0.2, -0.15) is 21.0 Å². The minimum Gasteiger partial charge on any atom is -0.359 e. The molecule has 3 rings (SSSR count). The highest BCUT2D eigenvalue weighted by atomic mass is 35.5. The van der Waals surface area contributed by atoms with Gasteiger partial charge in [0.25, 0.3) is 0 Å². The lowest BCUT2D eigenvalue weighted by Crippen LogP contribution is -2.37. The van der Waals surface area contributed by atoms with Crippen molar-refractivity contribution in [1.29, 1.82) is 21.0 Å². The van der Waals surface area contributed by atoms with Crippen LogP contribution in [0.15, 0.2) is 40.5 Å². The van der Waals surface area contributed by atoms with Crippen LogP contribution in [0.2, 0.25) is 5.02 Å². The van der Waals surface area contributed by atoms with Crippen molar-refractivity contribution in [2.45, 2.75) is 19.8 Å². The molecule has 1 aromatic rings. The Morgan fingerprint density at radius 3 is 2.15 bits per heavy atom. The van der Waals surface area contributed by atoms with Crippen molar-refractivity contribution in [2.75, 3.05) is 13.1 Å². The molecule has 7 heteroatoms. The molecule has 0 aromatic heterocycles. The second-order valence-corrected chi connectivity index (χ2v) is 6.76. The molecule has 3 unspecified atom stereocenters. The molecule has 1 aliphatic carbocycles. The van der Waals surface area contributed by atoms with Gasteiger partial charge in [0.2, 0.25) is 0 Å². The maximum absolute atomic E-state index is 10.2. The Labute approximate surface area is 162 Å². The molecular formula is C20H15ClN6. The first kappa shape index (κ1) is 18.5. The lowest BCUT2D eigenvalue weighted by Gasteiger charge is -2.25. The fourth-order valence-corrected chi connectivity index (χ4v) is 4.44. The normalized spacial score (nSPS) is 27.3. The van der Waals surface area contributed by atoms with Crippen molar-refractivity contribution in [3.8, 4) is 24.3 Å². The number of allylic oxidation sites excluding steroid dienone is 2. The van der Waals surface area contributed by atoms with Crippen LogP contribution in [0.25, 0.3) is 0 Å². The van der Waals surface area contributed by atoms with E-state index in [1.807, 2.05) is 30.9 Å². The monoisotopic (exact) mass is 374 g/mol. The summed E-state index contributed by atoms with van der Waals surface area (Å²) in [6.45, 7) is 5.01. The van der Waals surface area contributed by atoms with Crippen LogP contribution < -0.4 is 0 Å². The van der Waals surface area contributed by atoms with Crippen LogP contribution in [0.1, 0.15) is 25.3 Å². The molecule has 0 N–H and O–H groups in total. The van der Waals surface area contributed by atoms with E-state index in [2.05, 4.69) is 17.1 Å². The second-order valence-electron chi connectivity index (χ2n) is 6.35. The van der Waals surface area contributed by atoms with E-state index in [0.29, 0.717) is 29.5 Å². The predicted octanol–water partition coefficient (Wildman–Crippen LogP) is 3.51.